The molecule has 2 N–H and O–H groups in total. The molecule has 2 aliphatic heterocycles. The molecule has 8 heteroatoms. The van der Waals surface area contributed by atoms with E-state index < -0.39 is 30.7 Å². The van der Waals surface area contributed by atoms with E-state index in [-0.39, 0.29) is 11.8 Å². The molecule has 4 atom stereocenters. The summed E-state index contributed by atoms with van der Waals surface area (Å²) in [4.78, 5) is 24.1. The first-order chi connectivity index (χ1) is 9.22. The van der Waals surface area contributed by atoms with Crippen LogP contribution in [0.3, 0.4) is 0 Å². The normalized spacial score (nSPS) is 36.0. The average Bonchev–Trinajstić information content (AvgIpc) is 2.81. The van der Waals surface area contributed by atoms with Gasteiger partial charge in [0, 0.05) is 0 Å². The van der Waals surface area contributed by atoms with Gasteiger partial charge in [0.15, 0.2) is 0 Å². The van der Waals surface area contributed by atoms with Crippen molar-refractivity contribution in [3.05, 3.63) is 0 Å². The molecule has 0 bridgehead atoms. The summed E-state index contributed by atoms with van der Waals surface area (Å²) < 4.78 is 10.6. The Hall–Kier alpha value is -0.420. The molecule has 0 radical (unpaired) electrons. The number of hydrogen-bond donors (Lipinski definition) is 2. The van der Waals surface area contributed by atoms with Crippen molar-refractivity contribution < 1.29 is 18.6 Å². The number of carbonyl (C=O) groups is 2. The van der Waals surface area contributed by atoms with Gasteiger partial charge in [0.2, 0.25) is 0 Å². The third-order valence-electron chi connectivity index (χ3n) is 4.16. The second kappa shape index (κ2) is 5.09. The summed E-state index contributed by atoms with van der Waals surface area (Å²) in [7, 11) is 0. The van der Waals surface area contributed by atoms with Gasteiger partial charge in [0.1, 0.15) is 0 Å². The van der Waals surface area contributed by atoms with Gasteiger partial charge in [0.25, 0.3) is 0 Å². The Morgan fingerprint density at radius 3 is 1.70 bits per heavy atom. The minimum absolute atomic E-state index is 0.0471. The van der Waals surface area contributed by atoms with Crippen LogP contribution in [0.4, 0.5) is 0 Å². The summed E-state index contributed by atoms with van der Waals surface area (Å²) in [5.41, 5.74) is 0. The second-order valence-electron chi connectivity index (χ2n) is 5.66. The Morgan fingerprint density at radius 1 is 1.05 bits per heavy atom. The quantitative estimate of drug-likeness (QED) is 0.774. The van der Waals surface area contributed by atoms with Gasteiger partial charge in [-0.3, -0.25) is 0 Å². The van der Waals surface area contributed by atoms with Gasteiger partial charge < -0.3 is 0 Å². The van der Waals surface area contributed by atoms with Crippen LogP contribution in [-0.2, 0) is 18.6 Å². The summed E-state index contributed by atoms with van der Waals surface area (Å²) in [5, 5.41) is 5.91. The maximum atomic E-state index is 12.0. The van der Waals surface area contributed by atoms with E-state index in [2.05, 4.69) is 10.2 Å². The molecule has 0 amide bonds. The summed E-state index contributed by atoms with van der Waals surface area (Å²) in [6.45, 7) is 3.71. The third kappa shape index (κ3) is 2.54. The van der Waals surface area contributed by atoms with E-state index in [0.29, 0.717) is 0 Å². The molecule has 0 saturated carbocycles. The molecule has 2 unspecified atom stereocenters. The molecule has 2 saturated heterocycles. The van der Waals surface area contributed by atoms with Crippen LogP contribution < -0.4 is 10.2 Å². The fourth-order valence-electron chi connectivity index (χ4n) is 2.36. The second-order valence-corrected chi connectivity index (χ2v) is 10.1. The molecular weight excluding hydrogens is 303 g/mol. The Balaban J connectivity index is 2.24. The van der Waals surface area contributed by atoms with Gasteiger partial charge in [-0.2, -0.15) is 0 Å². The number of nitrogens with one attached hydrogen (secondary N) is 2. The van der Waals surface area contributed by atoms with Gasteiger partial charge in [-0.15, -0.1) is 0 Å². The molecule has 20 heavy (non-hydrogen) atoms. The van der Waals surface area contributed by atoms with E-state index in [9.17, 15) is 9.59 Å². The van der Waals surface area contributed by atoms with Crippen molar-refractivity contribution in [3.63, 3.8) is 0 Å². The number of carbonyl (C=O) groups excluding carboxylic acids is 2. The molecule has 2 heterocycles. The van der Waals surface area contributed by atoms with E-state index in [4.69, 9.17) is 20.3 Å². The monoisotopic (exact) mass is 324 g/mol. The zero-order valence-corrected chi connectivity index (χ0v) is 13.8. The van der Waals surface area contributed by atoms with Crippen LogP contribution in [0.2, 0.25) is 0 Å². The van der Waals surface area contributed by atoms with Crippen LogP contribution in [0.1, 0.15) is 40.5 Å². The van der Waals surface area contributed by atoms with E-state index in [1.54, 1.807) is 0 Å². The topological polar surface area (TPSA) is 76.7 Å². The SMILES string of the molecule is CCC(C)[C@@H]1NP2(Cl)(N[C@@H](C(C)CC)C(=O)O2)OC1=O. The van der Waals surface area contributed by atoms with Crippen LogP contribution in [-0.4, -0.2) is 24.0 Å². The summed E-state index contributed by atoms with van der Waals surface area (Å²) in [5.74, 6) is -0.828. The van der Waals surface area contributed by atoms with Gasteiger partial charge in [-0.1, -0.05) is 0 Å². The van der Waals surface area contributed by atoms with E-state index in [1.165, 1.54) is 0 Å². The number of halogens is 1. The molecule has 0 aromatic heterocycles. The van der Waals surface area contributed by atoms with Gasteiger partial charge in [-0.05, 0) is 0 Å². The van der Waals surface area contributed by atoms with Crippen LogP contribution in [0.15, 0.2) is 0 Å². The molecule has 1 spiro atoms. The molecule has 116 valence electrons. The van der Waals surface area contributed by atoms with Gasteiger partial charge in [-0.25, -0.2) is 0 Å². The minimum atomic E-state index is -4.09. The zero-order chi connectivity index (χ0) is 15.2. The predicted molar refractivity (Wildman–Crippen MR) is 77.7 cm³/mol. The zero-order valence-electron chi connectivity index (χ0n) is 12.2. The van der Waals surface area contributed by atoms with E-state index >= 15 is 0 Å². The van der Waals surface area contributed by atoms with Gasteiger partial charge >= 0.3 is 123 Å². The number of rotatable bonds is 4. The van der Waals surface area contributed by atoms with Crippen molar-refractivity contribution >= 4 is 29.9 Å². The standard InChI is InChI=1S/C12H22ClN2O4P/c1-5-7(3)9-11(16)18-20(13,14-9)15-10(8(4)6-2)12(17)19-20/h7-10,14-15H,5-6H2,1-4H3/t7?,8?,9-,10-/m0/s1. The van der Waals surface area contributed by atoms with Crippen LogP contribution in [0, 0.1) is 11.8 Å². The van der Waals surface area contributed by atoms with Crippen LogP contribution in [0.25, 0.3) is 0 Å². The van der Waals surface area contributed by atoms with Gasteiger partial charge in [0.05, 0.1) is 0 Å². The van der Waals surface area contributed by atoms with Crippen LogP contribution >= 0.6 is 18.0 Å². The van der Waals surface area contributed by atoms with Crippen LogP contribution in [0.5, 0.6) is 0 Å². The fourth-order valence-corrected chi connectivity index (χ4v) is 6.26. The molecule has 6 nitrogen and oxygen atoms in total. The molecular formula is C12H22ClN2O4P. The third-order valence-corrected chi connectivity index (χ3v) is 7.60. The van der Waals surface area contributed by atoms with Crippen molar-refractivity contribution in [2.75, 3.05) is 0 Å². The predicted octanol–water partition coefficient (Wildman–Crippen LogP) is 2.48. The summed E-state index contributed by atoms with van der Waals surface area (Å²) in [6.07, 6.45) is 1.58. The Bertz CT molecular complexity index is 409. The summed E-state index contributed by atoms with van der Waals surface area (Å²) >= 11 is 6.46. The molecule has 2 aliphatic rings. The summed E-state index contributed by atoms with van der Waals surface area (Å²) in [6, 6.07) is -1.10. The molecule has 2 rings (SSSR count). The molecule has 0 aromatic carbocycles. The average molecular weight is 325 g/mol. The first-order valence-corrected chi connectivity index (χ1v) is 9.98. The van der Waals surface area contributed by atoms with Crippen molar-refractivity contribution in [2.45, 2.75) is 52.6 Å². The Morgan fingerprint density at radius 2 is 1.40 bits per heavy atom. The fraction of sp³-hybridized carbons (Fsp3) is 0.833. The first-order valence-electron chi connectivity index (χ1n) is 7.00. The molecule has 0 aromatic rings. The maximum absolute atomic E-state index is 12.0. The molecule has 2 fully saturated rings. The van der Waals surface area contributed by atoms with Crippen molar-refractivity contribution in [1.82, 2.24) is 10.2 Å². The van der Waals surface area contributed by atoms with E-state index in [1.807, 2.05) is 27.7 Å². The Kier molecular flexibility index (Phi) is 4.06. The van der Waals surface area contributed by atoms with E-state index in [0.717, 1.165) is 12.8 Å². The number of hydrogen-bond acceptors (Lipinski definition) is 6. The Labute approximate surface area is 123 Å². The van der Waals surface area contributed by atoms with Crippen molar-refractivity contribution in [3.8, 4) is 0 Å². The molecule has 0 aliphatic carbocycles. The van der Waals surface area contributed by atoms with Crippen molar-refractivity contribution in [2.24, 2.45) is 11.8 Å². The first kappa shape index (κ1) is 16.0. The van der Waals surface area contributed by atoms with Crippen molar-refractivity contribution in [1.29, 1.82) is 0 Å².